The summed E-state index contributed by atoms with van der Waals surface area (Å²) < 4.78 is 15.2. The van der Waals surface area contributed by atoms with E-state index in [0.29, 0.717) is 5.92 Å². The molecule has 0 bridgehead atoms. The largest absolute Gasteiger partial charge is 0.319 e. The molecule has 1 heterocycles. The van der Waals surface area contributed by atoms with Crippen LogP contribution in [0.1, 0.15) is 35.4 Å². The van der Waals surface area contributed by atoms with E-state index in [9.17, 15) is 4.39 Å². The minimum absolute atomic E-state index is 0.212. The Balaban J connectivity index is 2.51. The maximum atomic E-state index is 13.2. The number of halogens is 1. The number of likely N-dealkylation sites (N-methyl/N-ethyl adjacent to an activating group) is 1. The molecule has 1 N–H and O–H groups in total. The van der Waals surface area contributed by atoms with Crippen LogP contribution in [0.3, 0.4) is 0 Å². The summed E-state index contributed by atoms with van der Waals surface area (Å²) in [6.45, 7) is 9.12. The monoisotopic (exact) mass is 275 g/mol. The SMILES string of the molecule is CNCC(C)c1c(C)nn(-c2ccc(F)cc2C)c1C. The van der Waals surface area contributed by atoms with E-state index >= 15 is 0 Å². The molecule has 20 heavy (non-hydrogen) atoms. The number of hydrogen-bond acceptors (Lipinski definition) is 2. The Kier molecular flexibility index (Phi) is 4.23. The summed E-state index contributed by atoms with van der Waals surface area (Å²) in [7, 11) is 1.95. The van der Waals surface area contributed by atoms with Gasteiger partial charge in [0.15, 0.2) is 0 Å². The van der Waals surface area contributed by atoms with Gasteiger partial charge in [0.25, 0.3) is 0 Å². The van der Waals surface area contributed by atoms with E-state index in [1.165, 1.54) is 11.6 Å². The summed E-state index contributed by atoms with van der Waals surface area (Å²) >= 11 is 0. The van der Waals surface area contributed by atoms with Crippen LogP contribution in [0.25, 0.3) is 5.69 Å². The third kappa shape index (κ3) is 2.61. The van der Waals surface area contributed by atoms with E-state index in [2.05, 4.69) is 24.3 Å². The lowest BCUT2D eigenvalue weighted by Gasteiger charge is -2.13. The highest BCUT2D eigenvalue weighted by Gasteiger charge is 2.18. The van der Waals surface area contributed by atoms with Gasteiger partial charge in [0.2, 0.25) is 0 Å². The van der Waals surface area contributed by atoms with Gasteiger partial charge in [-0.2, -0.15) is 5.10 Å². The molecule has 0 saturated heterocycles. The van der Waals surface area contributed by atoms with Crippen molar-refractivity contribution >= 4 is 0 Å². The molecule has 1 atom stereocenters. The Hall–Kier alpha value is -1.68. The van der Waals surface area contributed by atoms with Crippen molar-refractivity contribution in [1.29, 1.82) is 0 Å². The predicted octanol–water partition coefficient (Wildman–Crippen LogP) is 3.26. The molecule has 4 heteroatoms. The van der Waals surface area contributed by atoms with Crippen molar-refractivity contribution in [1.82, 2.24) is 15.1 Å². The molecule has 2 aromatic rings. The van der Waals surface area contributed by atoms with Crippen LogP contribution in [0.15, 0.2) is 18.2 Å². The molecule has 1 aromatic carbocycles. The highest BCUT2D eigenvalue weighted by atomic mass is 19.1. The zero-order valence-electron chi connectivity index (χ0n) is 12.8. The summed E-state index contributed by atoms with van der Waals surface area (Å²) in [6, 6.07) is 4.81. The summed E-state index contributed by atoms with van der Waals surface area (Å²) in [6.07, 6.45) is 0. The maximum absolute atomic E-state index is 13.2. The van der Waals surface area contributed by atoms with Gasteiger partial charge in [0, 0.05) is 17.8 Å². The van der Waals surface area contributed by atoms with Crippen molar-refractivity contribution in [3.05, 3.63) is 46.5 Å². The van der Waals surface area contributed by atoms with Crippen LogP contribution in [-0.4, -0.2) is 23.4 Å². The first-order valence-corrected chi connectivity index (χ1v) is 6.93. The van der Waals surface area contributed by atoms with E-state index in [4.69, 9.17) is 0 Å². The Morgan fingerprint density at radius 1 is 1.30 bits per heavy atom. The molecule has 108 valence electrons. The zero-order valence-corrected chi connectivity index (χ0v) is 12.8. The Labute approximate surface area is 119 Å². The molecular formula is C16H22FN3. The molecule has 0 aliphatic carbocycles. The van der Waals surface area contributed by atoms with Crippen molar-refractivity contribution < 1.29 is 4.39 Å². The molecule has 0 aliphatic rings. The summed E-state index contributed by atoms with van der Waals surface area (Å²) in [4.78, 5) is 0. The molecule has 0 saturated carbocycles. The second kappa shape index (κ2) is 5.75. The lowest BCUT2D eigenvalue weighted by molar-refractivity contribution is 0.625. The normalized spacial score (nSPS) is 12.7. The van der Waals surface area contributed by atoms with Gasteiger partial charge < -0.3 is 5.32 Å². The van der Waals surface area contributed by atoms with Crippen LogP contribution in [0.5, 0.6) is 0 Å². The first kappa shape index (κ1) is 14.7. The van der Waals surface area contributed by atoms with Gasteiger partial charge in [-0.1, -0.05) is 6.92 Å². The smallest absolute Gasteiger partial charge is 0.123 e. The van der Waals surface area contributed by atoms with Crippen molar-refractivity contribution in [2.45, 2.75) is 33.6 Å². The van der Waals surface area contributed by atoms with Gasteiger partial charge >= 0.3 is 0 Å². The van der Waals surface area contributed by atoms with Crippen LogP contribution in [-0.2, 0) is 0 Å². The average molecular weight is 275 g/mol. The number of aryl methyl sites for hydroxylation is 2. The fraction of sp³-hybridized carbons (Fsp3) is 0.438. The van der Waals surface area contributed by atoms with Crippen molar-refractivity contribution in [2.75, 3.05) is 13.6 Å². The highest BCUT2D eigenvalue weighted by molar-refractivity contribution is 5.44. The minimum Gasteiger partial charge on any atom is -0.319 e. The summed E-state index contributed by atoms with van der Waals surface area (Å²) in [5.41, 5.74) is 5.26. The first-order valence-electron chi connectivity index (χ1n) is 6.93. The van der Waals surface area contributed by atoms with Crippen LogP contribution in [0.2, 0.25) is 0 Å². The number of hydrogen-bond donors (Lipinski definition) is 1. The minimum atomic E-state index is -0.212. The van der Waals surface area contributed by atoms with Crippen LogP contribution >= 0.6 is 0 Å². The van der Waals surface area contributed by atoms with Gasteiger partial charge in [-0.05, 0) is 57.5 Å². The van der Waals surface area contributed by atoms with Crippen LogP contribution in [0.4, 0.5) is 4.39 Å². The predicted molar refractivity (Wildman–Crippen MR) is 80.1 cm³/mol. The topological polar surface area (TPSA) is 29.9 Å². The van der Waals surface area contributed by atoms with E-state index in [-0.39, 0.29) is 5.82 Å². The summed E-state index contributed by atoms with van der Waals surface area (Å²) in [5, 5.41) is 7.84. The van der Waals surface area contributed by atoms with Crippen molar-refractivity contribution in [2.24, 2.45) is 0 Å². The molecule has 0 spiro atoms. The fourth-order valence-electron chi connectivity index (χ4n) is 2.87. The number of aromatic nitrogens is 2. The second-order valence-electron chi connectivity index (χ2n) is 5.39. The van der Waals surface area contributed by atoms with E-state index in [0.717, 1.165) is 29.2 Å². The first-order chi connectivity index (χ1) is 9.45. The van der Waals surface area contributed by atoms with Crippen molar-refractivity contribution in [3.8, 4) is 5.69 Å². The molecule has 2 rings (SSSR count). The number of nitrogens with one attached hydrogen (secondary N) is 1. The zero-order chi connectivity index (χ0) is 14.9. The van der Waals surface area contributed by atoms with Gasteiger partial charge in [0.05, 0.1) is 11.4 Å². The number of nitrogens with zero attached hydrogens (tertiary/aromatic N) is 2. The lowest BCUT2D eigenvalue weighted by Crippen LogP contribution is -2.15. The van der Waals surface area contributed by atoms with Gasteiger partial charge in [-0.3, -0.25) is 0 Å². The molecule has 0 aliphatic heterocycles. The van der Waals surface area contributed by atoms with Crippen LogP contribution < -0.4 is 5.32 Å². The van der Waals surface area contributed by atoms with E-state index in [1.54, 1.807) is 12.1 Å². The Morgan fingerprint density at radius 2 is 2.00 bits per heavy atom. The lowest BCUT2D eigenvalue weighted by atomic mass is 9.99. The third-order valence-electron chi connectivity index (χ3n) is 3.74. The Bertz CT molecular complexity index is 616. The standard InChI is InChI=1S/C16H22FN3/c1-10-8-14(17)6-7-15(10)20-13(4)16(12(3)19-20)11(2)9-18-5/h6-8,11,18H,9H2,1-5H3. The van der Waals surface area contributed by atoms with E-state index in [1.807, 2.05) is 25.6 Å². The highest BCUT2D eigenvalue weighted by Crippen LogP contribution is 2.26. The average Bonchev–Trinajstić information content (AvgIpc) is 2.65. The summed E-state index contributed by atoms with van der Waals surface area (Å²) in [5.74, 6) is 0.186. The van der Waals surface area contributed by atoms with Gasteiger partial charge in [-0.15, -0.1) is 0 Å². The second-order valence-corrected chi connectivity index (χ2v) is 5.39. The van der Waals surface area contributed by atoms with Crippen molar-refractivity contribution in [3.63, 3.8) is 0 Å². The fourth-order valence-corrected chi connectivity index (χ4v) is 2.87. The quantitative estimate of drug-likeness (QED) is 0.928. The Morgan fingerprint density at radius 3 is 2.60 bits per heavy atom. The molecule has 0 amide bonds. The molecule has 1 aromatic heterocycles. The molecule has 0 fully saturated rings. The third-order valence-corrected chi connectivity index (χ3v) is 3.74. The molecule has 3 nitrogen and oxygen atoms in total. The van der Waals surface area contributed by atoms with Gasteiger partial charge in [-0.25, -0.2) is 9.07 Å². The molecule has 0 radical (unpaired) electrons. The maximum Gasteiger partial charge on any atom is 0.123 e. The molecular weight excluding hydrogens is 253 g/mol. The number of rotatable bonds is 4. The van der Waals surface area contributed by atoms with E-state index < -0.39 is 0 Å². The molecule has 1 unspecified atom stereocenters. The van der Waals surface area contributed by atoms with Crippen LogP contribution in [0, 0.1) is 26.6 Å². The number of benzene rings is 1. The van der Waals surface area contributed by atoms with Gasteiger partial charge in [0.1, 0.15) is 5.82 Å².